The fourth-order valence-electron chi connectivity index (χ4n) is 1.20. The Morgan fingerprint density at radius 3 is 2.27 bits per heavy atom. The van der Waals surface area contributed by atoms with E-state index in [9.17, 15) is 0 Å². The summed E-state index contributed by atoms with van der Waals surface area (Å²) in [6.07, 6.45) is 8.12. The summed E-state index contributed by atoms with van der Waals surface area (Å²) < 4.78 is 0. The van der Waals surface area contributed by atoms with E-state index in [1.165, 1.54) is 19.3 Å². The number of rotatable bonds is 6. The zero-order valence-electron chi connectivity index (χ0n) is 7.97. The van der Waals surface area contributed by atoms with E-state index in [0.29, 0.717) is 0 Å². The largest absolute Gasteiger partial charge is 0.162 e. The van der Waals surface area contributed by atoms with E-state index in [4.69, 9.17) is 0 Å². The van der Waals surface area contributed by atoms with Crippen molar-refractivity contribution in [2.24, 2.45) is 5.92 Å². The van der Waals surface area contributed by atoms with Crippen molar-refractivity contribution in [3.05, 3.63) is 12.7 Å². The molecule has 1 unspecified atom stereocenters. The lowest BCUT2D eigenvalue weighted by Crippen LogP contribution is -2.06. The lowest BCUT2D eigenvalue weighted by Gasteiger charge is -2.16. The highest BCUT2D eigenvalue weighted by molar-refractivity contribution is 7.99. The van der Waals surface area contributed by atoms with Crippen molar-refractivity contribution in [2.75, 3.05) is 6.26 Å². The van der Waals surface area contributed by atoms with E-state index in [1.807, 2.05) is 11.8 Å². The summed E-state index contributed by atoms with van der Waals surface area (Å²) in [6, 6.07) is 0. The van der Waals surface area contributed by atoms with E-state index in [1.54, 1.807) is 0 Å². The van der Waals surface area contributed by atoms with Gasteiger partial charge in [-0.2, -0.15) is 11.8 Å². The molecule has 0 heterocycles. The molecule has 11 heavy (non-hydrogen) atoms. The molecule has 0 aromatic heterocycles. The Labute approximate surface area is 75.5 Å². The maximum atomic E-state index is 3.84. The molecule has 0 rings (SSSR count). The first-order chi connectivity index (χ1) is 5.28. The summed E-state index contributed by atoms with van der Waals surface area (Å²) >= 11 is 1.98. The van der Waals surface area contributed by atoms with Crippen LogP contribution in [0.2, 0.25) is 0 Å². The molecule has 66 valence electrons. The molecule has 0 amide bonds. The van der Waals surface area contributed by atoms with Gasteiger partial charge in [-0.3, -0.25) is 0 Å². The third-order valence-electron chi connectivity index (χ3n) is 2.21. The fraction of sp³-hybridized carbons (Fsp3) is 0.800. The Morgan fingerprint density at radius 2 is 2.00 bits per heavy atom. The van der Waals surface area contributed by atoms with Gasteiger partial charge in [-0.05, 0) is 31.4 Å². The Hall–Kier alpha value is 0.0900. The minimum Gasteiger partial charge on any atom is -0.162 e. The van der Waals surface area contributed by atoms with E-state index < -0.39 is 0 Å². The molecule has 0 saturated carbocycles. The lowest BCUT2D eigenvalue weighted by molar-refractivity contribution is 0.551. The van der Waals surface area contributed by atoms with Gasteiger partial charge in [-0.1, -0.05) is 19.9 Å². The van der Waals surface area contributed by atoms with Gasteiger partial charge in [0.15, 0.2) is 0 Å². The highest BCUT2D eigenvalue weighted by Gasteiger charge is 2.09. The van der Waals surface area contributed by atoms with Crippen molar-refractivity contribution in [1.82, 2.24) is 0 Å². The smallest absolute Gasteiger partial charge is 0.00472 e. The maximum absolute atomic E-state index is 3.84. The molecule has 0 aliphatic heterocycles. The molecule has 2 atom stereocenters. The van der Waals surface area contributed by atoms with Crippen molar-refractivity contribution in [3.8, 4) is 0 Å². The van der Waals surface area contributed by atoms with Crippen LogP contribution in [0.3, 0.4) is 0 Å². The van der Waals surface area contributed by atoms with Crippen LogP contribution in [-0.2, 0) is 0 Å². The molecule has 0 aromatic rings. The molecule has 0 N–H and O–H groups in total. The Balaban J connectivity index is 3.67. The first-order valence-electron chi connectivity index (χ1n) is 4.43. The predicted molar refractivity (Wildman–Crippen MR) is 56.2 cm³/mol. The van der Waals surface area contributed by atoms with Crippen molar-refractivity contribution in [1.29, 1.82) is 0 Å². The molecule has 0 aliphatic rings. The number of hydrogen-bond donors (Lipinski definition) is 0. The van der Waals surface area contributed by atoms with Crippen LogP contribution in [0.4, 0.5) is 0 Å². The SMILES string of the molecule is C=CC(CC)C[C@@H](CC)SC. The van der Waals surface area contributed by atoms with Crippen LogP contribution in [0, 0.1) is 5.92 Å². The third-order valence-corrected chi connectivity index (χ3v) is 3.40. The zero-order valence-corrected chi connectivity index (χ0v) is 8.79. The van der Waals surface area contributed by atoms with Crippen LogP contribution in [0.5, 0.6) is 0 Å². The number of hydrogen-bond acceptors (Lipinski definition) is 1. The first kappa shape index (κ1) is 11.1. The van der Waals surface area contributed by atoms with E-state index in [-0.39, 0.29) is 0 Å². The monoisotopic (exact) mass is 172 g/mol. The van der Waals surface area contributed by atoms with Crippen LogP contribution in [0.1, 0.15) is 33.1 Å². The van der Waals surface area contributed by atoms with Gasteiger partial charge in [0.1, 0.15) is 0 Å². The van der Waals surface area contributed by atoms with Gasteiger partial charge in [0.2, 0.25) is 0 Å². The molecule has 0 radical (unpaired) electrons. The average Bonchev–Trinajstić information content (AvgIpc) is 2.07. The molecule has 0 bridgehead atoms. The predicted octanol–water partition coefficient (Wildman–Crippen LogP) is 3.73. The van der Waals surface area contributed by atoms with Gasteiger partial charge in [0.25, 0.3) is 0 Å². The van der Waals surface area contributed by atoms with Crippen LogP contribution >= 0.6 is 11.8 Å². The maximum Gasteiger partial charge on any atom is 0.00472 e. The quantitative estimate of drug-likeness (QED) is 0.550. The molecule has 0 nitrogen and oxygen atoms in total. The van der Waals surface area contributed by atoms with Gasteiger partial charge >= 0.3 is 0 Å². The van der Waals surface area contributed by atoms with Crippen molar-refractivity contribution >= 4 is 11.8 Å². The van der Waals surface area contributed by atoms with Gasteiger partial charge in [-0.15, -0.1) is 6.58 Å². The van der Waals surface area contributed by atoms with Gasteiger partial charge in [0, 0.05) is 5.25 Å². The molecule has 0 aliphatic carbocycles. The summed E-state index contributed by atoms with van der Waals surface area (Å²) in [5, 5.41) is 0.831. The standard InChI is InChI=1S/C10H20S/c1-5-9(6-2)8-10(7-3)11-4/h5,9-10H,1,6-8H2,2-4H3/t9?,10-/m1/s1. The molecule has 1 heteroatoms. The molecule has 0 fully saturated rings. The normalized spacial score (nSPS) is 15.9. The second kappa shape index (κ2) is 6.78. The lowest BCUT2D eigenvalue weighted by atomic mass is 9.99. The zero-order chi connectivity index (χ0) is 8.69. The van der Waals surface area contributed by atoms with E-state index in [0.717, 1.165) is 11.2 Å². The second-order valence-corrected chi connectivity index (χ2v) is 4.04. The molecule has 0 spiro atoms. The summed E-state index contributed by atoms with van der Waals surface area (Å²) in [5.74, 6) is 0.729. The van der Waals surface area contributed by atoms with E-state index >= 15 is 0 Å². The molecule has 0 aromatic carbocycles. The Kier molecular flexibility index (Phi) is 6.83. The van der Waals surface area contributed by atoms with Crippen molar-refractivity contribution in [2.45, 2.75) is 38.4 Å². The number of allylic oxidation sites excluding steroid dienone is 1. The van der Waals surface area contributed by atoms with Crippen LogP contribution < -0.4 is 0 Å². The van der Waals surface area contributed by atoms with Crippen LogP contribution in [-0.4, -0.2) is 11.5 Å². The minimum atomic E-state index is 0.729. The Morgan fingerprint density at radius 1 is 1.36 bits per heavy atom. The minimum absolute atomic E-state index is 0.729. The second-order valence-electron chi connectivity index (χ2n) is 2.91. The van der Waals surface area contributed by atoms with E-state index in [2.05, 4.69) is 32.8 Å². The van der Waals surface area contributed by atoms with Gasteiger partial charge in [-0.25, -0.2) is 0 Å². The molecule has 0 saturated heterocycles. The first-order valence-corrected chi connectivity index (χ1v) is 5.72. The van der Waals surface area contributed by atoms with Crippen molar-refractivity contribution < 1.29 is 0 Å². The third kappa shape index (κ3) is 4.52. The van der Waals surface area contributed by atoms with Crippen LogP contribution in [0.25, 0.3) is 0 Å². The molecular weight excluding hydrogens is 152 g/mol. The fourth-order valence-corrected chi connectivity index (χ4v) is 1.97. The summed E-state index contributed by atoms with van der Waals surface area (Å²) in [6.45, 7) is 8.34. The number of thioether (sulfide) groups is 1. The van der Waals surface area contributed by atoms with Crippen LogP contribution in [0.15, 0.2) is 12.7 Å². The summed E-state index contributed by atoms with van der Waals surface area (Å²) in [7, 11) is 0. The van der Waals surface area contributed by atoms with Crippen molar-refractivity contribution in [3.63, 3.8) is 0 Å². The van der Waals surface area contributed by atoms with Gasteiger partial charge in [0.05, 0.1) is 0 Å². The molecular formula is C10H20S. The summed E-state index contributed by atoms with van der Waals surface area (Å²) in [4.78, 5) is 0. The highest BCUT2D eigenvalue weighted by Crippen LogP contribution is 2.22. The summed E-state index contributed by atoms with van der Waals surface area (Å²) in [5.41, 5.74) is 0. The Bertz CT molecular complexity index is 95.0. The van der Waals surface area contributed by atoms with Gasteiger partial charge < -0.3 is 0 Å². The average molecular weight is 172 g/mol. The highest BCUT2D eigenvalue weighted by atomic mass is 32.2. The topological polar surface area (TPSA) is 0 Å².